The smallest absolute Gasteiger partial charge is 0.269 e. The van der Waals surface area contributed by atoms with Crippen molar-refractivity contribution >= 4 is 27.1 Å². The van der Waals surface area contributed by atoms with Crippen LogP contribution in [0.5, 0.6) is 5.75 Å². The summed E-state index contributed by atoms with van der Waals surface area (Å²) in [5, 5.41) is 0. The van der Waals surface area contributed by atoms with Crippen LogP contribution >= 0.6 is 0 Å². The molecule has 7 rings (SSSR count). The van der Waals surface area contributed by atoms with Gasteiger partial charge in [0.05, 0.1) is 30.5 Å². The van der Waals surface area contributed by atoms with Crippen LogP contribution in [0.2, 0.25) is 0 Å². The first-order valence-corrected chi connectivity index (χ1v) is 17.6. The molecule has 10 nitrogen and oxygen atoms in total. The number of amides is 1. The van der Waals surface area contributed by atoms with Crippen molar-refractivity contribution in [2.75, 3.05) is 47.5 Å². The molecule has 1 fully saturated rings. The Hall–Kier alpha value is -4.58. The van der Waals surface area contributed by atoms with E-state index in [-0.39, 0.29) is 16.4 Å². The first-order valence-electron chi connectivity index (χ1n) is 16.1. The highest BCUT2D eigenvalue weighted by Crippen LogP contribution is 2.36. The molecular formula is C37H39N5O5S. The molecule has 2 aliphatic rings. The predicted molar refractivity (Wildman–Crippen MR) is 185 cm³/mol. The quantitative estimate of drug-likeness (QED) is 0.217. The van der Waals surface area contributed by atoms with Crippen LogP contribution in [-0.2, 0) is 27.7 Å². The number of fused-ring (bicyclic) bond motifs is 2. The van der Waals surface area contributed by atoms with Crippen molar-refractivity contribution in [3.63, 3.8) is 0 Å². The maximum atomic E-state index is 14.0. The van der Waals surface area contributed by atoms with Crippen LogP contribution in [0.15, 0.2) is 78.0 Å². The number of rotatable bonds is 8. The van der Waals surface area contributed by atoms with Gasteiger partial charge in [-0.2, -0.15) is 0 Å². The summed E-state index contributed by atoms with van der Waals surface area (Å²) in [4.78, 5) is 27.2. The van der Waals surface area contributed by atoms with Crippen molar-refractivity contribution in [1.82, 2.24) is 23.7 Å². The van der Waals surface area contributed by atoms with Gasteiger partial charge in [0.2, 0.25) is 0 Å². The molecule has 4 heterocycles. The van der Waals surface area contributed by atoms with Gasteiger partial charge in [-0.25, -0.2) is 22.4 Å². The van der Waals surface area contributed by atoms with Gasteiger partial charge in [-0.15, -0.1) is 0 Å². The highest BCUT2D eigenvalue weighted by Gasteiger charge is 2.26. The third kappa shape index (κ3) is 5.98. The van der Waals surface area contributed by atoms with E-state index in [9.17, 15) is 13.2 Å². The maximum Gasteiger partial charge on any atom is 0.269 e. The first-order chi connectivity index (χ1) is 23.1. The zero-order valence-electron chi connectivity index (χ0n) is 27.6. The van der Waals surface area contributed by atoms with E-state index >= 15 is 0 Å². The first kappa shape index (κ1) is 32.0. The van der Waals surface area contributed by atoms with Gasteiger partial charge in [0.15, 0.2) is 5.65 Å². The summed E-state index contributed by atoms with van der Waals surface area (Å²) < 4.78 is 40.5. The minimum atomic E-state index is -4.00. The van der Waals surface area contributed by atoms with Crippen molar-refractivity contribution in [3.8, 4) is 28.1 Å². The minimum absolute atomic E-state index is 0.0764. The average molecular weight is 666 g/mol. The van der Waals surface area contributed by atoms with Gasteiger partial charge in [0.1, 0.15) is 11.3 Å². The Balaban J connectivity index is 1.32. The average Bonchev–Trinajstić information content (AvgIpc) is 3.76. The van der Waals surface area contributed by atoms with Gasteiger partial charge in [-0.1, -0.05) is 29.8 Å². The molecule has 0 aliphatic carbocycles. The second-order valence-corrected chi connectivity index (χ2v) is 14.7. The van der Waals surface area contributed by atoms with Crippen LogP contribution < -0.4 is 4.74 Å². The third-order valence-corrected chi connectivity index (χ3v) is 11.1. The standard InChI is InChI=1S/C37H39N5O5S/c1-24-5-11-30(12-6-24)48(44,45)42-22-32(26-7-9-27(10-8-26)37(43)41(3)20-25-14-16-47-23-25)35-36(42)38-19-33(39-35)29-17-28-13-15-40(2)21-31(28)34(18-29)46-4/h5-12,17-19,22,25H,13-16,20-21,23H2,1-4H3. The molecule has 1 saturated heterocycles. The fourth-order valence-electron chi connectivity index (χ4n) is 6.63. The third-order valence-electron chi connectivity index (χ3n) is 9.39. The van der Waals surface area contributed by atoms with Gasteiger partial charge >= 0.3 is 0 Å². The summed E-state index contributed by atoms with van der Waals surface area (Å²) in [5.41, 5.74) is 7.31. The van der Waals surface area contributed by atoms with E-state index in [2.05, 4.69) is 18.0 Å². The zero-order valence-corrected chi connectivity index (χ0v) is 28.5. The predicted octanol–water partition coefficient (Wildman–Crippen LogP) is 5.42. The fraction of sp³-hybridized carbons (Fsp3) is 0.324. The topological polar surface area (TPSA) is 107 Å². The summed E-state index contributed by atoms with van der Waals surface area (Å²) >= 11 is 0. The van der Waals surface area contributed by atoms with E-state index in [1.165, 1.54) is 9.54 Å². The van der Waals surface area contributed by atoms with E-state index in [0.717, 1.165) is 60.5 Å². The number of ether oxygens (including phenoxy) is 2. The second-order valence-electron chi connectivity index (χ2n) is 12.9. The van der Waals surface area contributed by atoms with Crippen LogP contribution in [0.1, 0.15) is 33.5 Å². The monoisotopic (exact) mass is 665 g/mol. The van der Waals surface area contributed by atoms with Gasteiger partial charge in [0, 0.05) is 67.7 Å². The van der Waals surface area contributed by atoms with Crippen molar-refractivity contribution in [1.29, 1.82) is 0 Å². The lowest BCUT2D eigenvalue weighted by molar-refractivity contribution is 0.0766. The molecule has 0 bridgehead atoms. The lowest BCUT2D eigenvalue weighted by atomic mass is 9.95. The Kier molecular flexibility index (Phi) is 8.53. The molecule has 1 amide bonds. The summed E-state index contributed by atoms with van der Waals surface area (Å²) in [6, 6.07) is 18.1. The molecule has 0 saturated carbocycles. The highest BCUT2D eigenvalue weighted by atomic mass is 32.2. The molecule has 1 unspecified atom stereocenters. The Bertz CT molecular complexity index is 2090. The molecule has 11 heteroatoms. The van der Waals surface area contributed by atoms with Gasteiger partial charge in [0.25, 0.3) is 15.9 Å². The van der Waals surface area contributed by atoms with Crippen molar-refractivity contribution in [2.24, 2.45) is 5.92 Å². The van der Waals surface area contributed by atoms with E-state index in [4.69, 9.17) is 19.4 Å². The van der Waals surface area contributed by atoms with E-state index < -0.39 is 10.0 Å². The largest absolute Gasteiger partial charge is 0.496 e. The molecule has 0 spiro atoms. The molecule has 1 atom stereocenters. The molecule has 48 heavy (non-hydrogen) atoms. The van der Waals surface area contributed by atoms with Crippen molar-refractivity contribution in [2.45, 2.75) is 31.2 Å². The van der Waals surface area contributed by atoms with Gasteiger partial charge in [-0.3, -0.25) is 4.79 Å². The number of methoxy groups -OCH3 is 1. The number of likely N-dealkylation sites (N-methyl/N-ethyl adjacent to an activating group) is 1. The maximum absolute atomic E-state index is 14.0. The molecule has 0 N–H and O–H groups in total. The van der Waals surface area contributed by atoms with Crippen molar-refractivity contribution < 1.29 is 22.7 Å². The molecule has 5 aromatic rings. The van der Waals surface area contributed by atoms with Gasteiger partial charge < -0.3 is 19.3 Å². The normalized spacial score (nSPS) is 16.6. The summed E-state index contributed by atoms with van der Waals surface area (Å²) in [6.45, 7) is 5.69. The highest BCUT2D eigenvalue weighted by molar-refractivity contribution is 7.90. The fourth-order valence-corrected chi connectivity index (χ4v) is 7.94. The number of carbonyl (C=O) groups is 1. The van der Waals surface area contributed by atoms with Crippen LogP contribution in [0, 0.1) is 12.8 Å². The molecule has 248 valence electrons. The number of carbonyl (C=O) groups excluding carboxylic acids is 1. The number of aryl methyl sites for hydroxylation is 1. The summed E-state index contributed by atoms with van der Waals surface area (Å²) in [7, 11) is 1.58. The summed E-state index contributed by atoms with van der Waals surface area (Å²) in [6.07, 6.45) is 5.04. The minimum Gasteiger partial charge on any atom is -0.496 e. The van der Waals surface area contributed by atoms with Gasteiger partial charge in [-0.05, 0) is 74.3 Å². The Labute approximate surface area is 281 Å². The number of hydrogen-bond donors (Lipinski definition) is 0. The van der Waals surface area contributed by atoms with E-state index in [1.807, 2.05) is 32.2 Å². The van der Waals surface area contributed by atoms with E-state index in [1.54, 1.807) is 60.8 Å². The van der Waals surface area contributed by atoms with Crippen LogP contribution in [0.3, 0.4) is 0 Å². The number of hydrogen-bond acceptors (Lipinski definition) is 8. The lowest BCUT2D eigenvalue weighted by Crippen LogP contribution is -2.32. The number of nitrogens with zero attached hydrogens (tertiary/aromatic N) is 5. The SMILES string of the molecule is COc1cc(-c2cnc3c(n2)c(-c2ccc(C(=O)N(C)CC4CCOC4)cc2)cn3S(=O)(=O)c2ccc(C)cc2)cc2c1CN(C)CC2. The van der Waals surface area contributed by atoms with Crippen LogP contribution in [0.25, 0.3) is 33.5 Å². The second kappa shape index (κ2) is 12.8. The molecular weight excluding hydrogens is 627 g/mol. The lowest BCUT2D eigenvalue weighted by Gasteiger charge is -2.27. The molecule has 2 aliphatic heterocycles. The number of aromatic nitrogens is 3. The molecule has 0 radical (unpaired) electrons. The molecule has 3 aromatic carbocycles. The van der Waals surface area contributed by atoms with Crippen LogP contribution in [0.4, 0.5) is 0 Å². The number of benzene rings is 3. The Morgan fingerprint density at radius 1 is 1.08 bits per heavy atom. The molecule has 2 aromatic heterocycles. The summed E-state index contributed by atoms with van der Waals surface area (Å²) in [5.74, 6) is 1.05. The Morgan fingerprint density at radius 2 is 1.85 bits per heavy atom. The van der Waals surface area contributed by atoms with Crippen LogP contribution in [-0.4, -0.2) is 85.6 Å². The zero-order chi connectivity index (χ0) is 33.6. The van der Waals surface area contributed by atoms with E-state index in [0.29, 0.717) is 41.4 Å². The Morgan fingerprint density at radius 3 is 2.56 bits per heavy atom. The van der Waals surface area contributed by atoms with Crippen molar-refractivity contribution in [3.05, 3.63) is 95.3 Å².